The molecule has 0 bridgehead atoms. The van der Waals surface area contributed by atoms with Gasteiger partial charge in [-0.15, -0.1) is 0 Å². The molecule has 0 aromatic heterocycles. The van der Waals surface area contributed by atoms with Crippen LogP contribution in [-0.2, 0) is 10.3 Å². The number of likely N-dealkylation sites (tertiary alicyclic amines) is 1. The molecule has 264 valence electrons. The molecule has 2 fully saturated rings. The summed E-state index contributed by atoms with van der Waals surface area (Å²) in [6.07, 6.45) is 13.8. The van der Waals surface area contributed by atoms with Crippen molar-refractivity contribution in [2.24, 2.45) is 16.5 Å². The third-order valence-corrected chi connectivity index (χ3v) is 10.1. The summed E-state index contributed by atoms with van der Waals surface area (Å²) in [7, 11) is 6.08. The fourth-order valence-electron chi connectivity index (χ4n) is 7.11. The summed E-state index contributed by atoms with van der Waals surface area (Å²) in [4.78, 5) is 20.9. The van der Waals surface area contributed by atoms with E-state index in [-0.39, 0.29) is 11.7 Å². The summed E-state index contributed by atoms with van der Waals surface area (Å²) < 4.78 is 0. The average Bonchev–Trinajstić information content (AvgIpc) is 3.40. The van der Waals surface area contributed by atoms with Crippen LogP contribution in [-0.4, -0.2) is 75.4 Å². The van der Waals surface area contributed by atoms with Crippen molar-refractivity contribution < 1.29 is 4.79 Å². The number of hydrogen-bond donors (Lipinski definition) is 3. The van der Waals surface area contributed by atoms with Gasteiger partial charge in [0.2, 0.25) is 0 Å². The Kier molecular flexibility index (Phi) is 15.4. The highest BCUT2D eigenvalue weighted by Crippen LogP contribution is 2.44. The molecule has 1 saturated carbocycles. The van der Waals surface area contributed by atoms with E-state index >= 15 is 0 Å². The first kappa shape index (κ1) is 38.3. The minimum atomic E-state index is -0.559. The van der Waals surface area contributed by atoms with E-state index in [2.05, 4.69) is 88.8 Å². The standard InChI is InChI=1S/C18H19N.C13H16ClNO.C10H22N4/c1-19(2)13-7-12-18-16-10-5-3-8-14(16)15-9-4-6-11-17(15)18;1-15-13(9-5-4-8-12(13)16)10-6-2-3-7-11(10)14;11-10(12)13-6-9-14-7-4-2-1-3-5-8-14/h3-6,8-12H,7,13H2,1-2H3;2-3,6-7,15H,4-5,8-9H2,1H3;1-9H2,(H4,11,12,13). The quantitative estimate of drug-likeness (QED) is 0.132. The summed E-state index contributed by atoms with van der Waals surface area (Å²) in [5.74, 6) is 0.464. The van der Waals surface area contributed by atoms with Crippen LogP contribution in [0.15, 0.2) is 83.9 Å². The van der Waals surface area contributed by atoms with Crippen molar-refractivity contribution in [1.82, 2.24) is 15.1 Å². The van der Waals surface area contributed by atoms with Gasteiger partial charge in [0, 0.05) is 24.5 Å². The van der Waals surface area contributed by atoms with Crippen LogP contribution in [0, 0.1) is 0 Å². The first-order valence-electron chi connectivity index (χ1n) is 18.1. The zero-order valence-electron chi connectivity index (χ0n) is 29.9. The van der Waals surface area contributed by atoms with Crippen LogP contribution in [0.4, 0.5) is 0 Å². The largest absolute Gasteiger partial charge is 0.370 e. The number of fused-ring (bicyclic) bond motifs is 3. The van der Waals surface area contributed by atoms with Crippen molar-refractivity contribution in [3.05, 3.63) is 101 Å². The summed E-state index contributed by atoms with van der Waals surface area (Å²) in [6.45, 7) is 5.24. The van der Waals surface area contributed by atoms with Crippen molar-refractivity contribution in [3.63, 3.8) is 0 Å². The molecule has 0 spiro atoms. The van der Waals surface area contributed by atoms with Crippen LogP contribution in [0.2, 0.25) is 5.02 Å². The highest BCUT2D eigenvalue weighted by Gasteiger charge is 2.41. The fraction of sp³-hybridized carbons (Fsp3) is 0.463. The lowest BCUT2D eigenvalue weighted by Crippen LogP contribution is -2.49. The molecule has 8 heteroatoms. The molecule has 6 rings (SSSR count). The minimum absolute atomic E-state index is 0.206. The number of carbonyl (C=O) groups excluding carboxylic acids is 1. The number of Topliss-reactive ketones (excluding diaryl/α,β-unsaturated/α-hetero) is 1. The SMILES string of the molecule is CN(C)CCC=C1c2ccccc2-c2ccccc21.CNC1(c2ccccc2Cl)CCCCC1=O.NC(N)=NCCN1CCCCCCC1. The predicted molar refractivity (Wildman–Crippen MR) is 208 cm³/mol. The average molecular weight is 685 g/mol. The van der Waals surface area contributed by atoms with Crippen molar-refractivity contribution in [1.29, 1.82) is 0 Å². The molecule has 3 aromatic carbocycles. The Morgan fingerprint density at radius 2 is 1.43 bits per heavy atom. The number of halogens is 1. The molecule has 7 nitrogen and oxygen atoms in total. The van der Waals surface area contributed by atoms with Gasteiger partial charge in [0.15, 0.2) is 11.7 Å². The second kappa shape index (κ2) is 19.6. The smallest absolute Gasteiger partial charge is 0.185 e. The highest BCUT2D eigenvalue weighted by molar-refractivity contribution is 6.31. The van der Waals surface area contributed by atoms with E-state index in [0.29, 0.717) is 11.4 Å². The van der Waals surface area contributed by atoms with Gasteiger partial charge in [0.25, 0.3) is 0 Å². The van der Waals surface area contributed by atoms with E-state index in [1.807, 2.05) is 31.3 Å². The van der Waals surface area contributed by atoms with Gasteiger partial charge in [0.05, 0.1) is 6.54 Å². The van der Waals surface area contributed by atoms with Crippen LogP contribution in [0.5, 0.6) is 0 Å². The molecule has 1 atom stereocenters. The first-order valence-corrected chi connectivity index (χ1v) is 18.4. The molecule has 1 aliphatic heterocycles. The number of likely N-dealkylation sites (N-methyl/N-ethyl adjacent to an activating group) is 1. The van der Waals surface area contributed by atoms with E-state index in [1.54, 1.807) is 0 Å². The second-order valence-corrected chi connectivity index (χ2v) is 13.9. The monoisotopic (exact) mass is 684 g/mol. The molecule has 1 saturated heterocycles. The maximum Gasteiger partial charge on any atom is 0.185 e. The van der Waals surface area contributed by atoms with Crippen LogP contribution >= 0.6 is 11.6 Å². The molecule has 3 aromatic rings. The highest BCUT2D eigenvalue weighted by atomic mass is 35.5. The number of rotatable bonds is 8. The van der Waals surface area contributed by atoms with Gasteiger partial charge >= 0.3 is 0 Å². The number of benzene rings is 3. The van der Waals surface area contributed by atoms with Crippen molar-refractivity contribution in [3.8, 4) is 11.1 Å². The van der Waals surface area contributed by atoms with Gasteiger partial charge < -0.3 is 26.6 Å². The van der Waals surface area contributed by atoms with E-state index in [0.717, 1.165) is 50.9 Å². The van der Waals surface area contributed by atoms with E-state index in [1.165, 1.54) is 73.0 Å². The molecule has 0 amide bonds. The molecule has 2 aliphatic carbocycles. The van der Waals surface area contributed by atoms with Crippen molar-refractivity contribution in [2.45, 2.75) is 69.7 Å². The molecule has 5 N–H and O–H groups in total. The number of nitrogens with two attached hydrogens (primary N) is 2. The Labute approximate surface area is 299 Å². The predicted octanol–water partition coefficient (Wildman–Crippen LogP) is 7.47. The fourth-order valence-corrected chi connectivity index (χ4v) is 7.41. The Hall–Kier alpha value is -3.49. The number of nitrogens with one attached hydrogen (secondary N) is 1. The van der Waals surface area contributed by atoms with Crippen LogP contribution in [0.3, 0.4) is 0 Å². The third kappa shape index (κ3) is 10.7. The number of nitrogens with zero attached hydrogens (tertiary/aromatic N) is 3. The van der Waals surface area contributed by atoms with Gasteiger partial charge in [-0.05, 0) is 106 Å². The number of hydrogen-bond acceptors (Lipinski definition) is 5. The third-order valence-electron chi connectivity index (χ3n) is 9.75. The summed E-state index contributed by atoms with van der Waals surface area (Å²) >= 11 is 6.20. The molecule has 1 heterocycles. The number of guanidine groups is 1. The lowest BCUT2D eigenvalue weighted by molar-refractivity contribution is -0.127. The van der Waals surface area contributed by atoms with E-state index in [9.17, 15) is 4.79 Å². The maximum atomic E-state index is 12.2. The van der Waals surface area contributed by atoms with Crippen molar-refractivity contribution >= 4 is 28.9 Å². The topological polar surface area (TPSA) is 100.0 Å². The number of carbonyl (C=O) groups is 1. The van der Waals surface area contributed by atoms with Gasteiger partial charge in [-0.25, -0.2) is 0 Å². The number of aliphatic imine (C=N–C) groups is 1. The first-order chi connectivity index (χ1) is 23.8. The zero-order chi connectivity index (χ0) is 35.1. The summed E-state index contributed by atoms with van der Waals surface area (Å²) in [6, 6.07) is 25.0. The van der Waals surface area contributed by atoms with E-state index in [4.69, 9.17) is 23.1 Å². The maximum absolute atomic E-state index is 12.2. The zero-order valence-corrected chi connectivity index (χ0v) is 30.7. The lowest BCUT2D eigenvalue weighted by Gasteiger charge is -2.36. The number of ketones is 1. The normalized spacial score (nSPS) is 18.9. The minimum Gasteiger partial charge on any atom is -0.370 e. The Bertz CT molecular complexity index is 1490. The molecular weight excluding hydrogens is 628 g/mol. The molecule has 49 heavy (non-hydrogen) atoms. The summed E-state index contributed by atoms with van der Waals surface area (Å²) in [5, 5.41) is 3.86. The van der Waals surface area contributed by atoms with Gasteiger partial charge in [0.1, 0.15) is 5.54 Å². The van der Waals surface area contributed by atoms with Crippen LogP contribution < -0.4 is 16.8 Å². The molecule has 0 radical (unpaired) electrons. The Balaban J connectivity index is 0.000000168. The van der Waals surface area contributed by atoms with Gasteiger partial charge in [-0.3, -0.25) is 9.79 Å². The molecule has 3 aliphatic rings. The van der Waals surface area contributed by atoms with E-state index < -0.39 is 5.54 Å². The lowest BCUT2D eigenvalue weighted by atomic mass is 9.75. The van der Waals surface area contributed by atoms with Crippen molar-refractivity contribution in [2.75, 3.05) is 53.9 Å². The molecular formula is C41H57ClN6O. The van der Waals surface area contributed by atoms with Crippen LogP contribution in [0.25, 0.3) is 16.7 Å². The molecule has 1 unspecified atom stereocenters. The van der Waals surface area contributed by atoms with Gasteiger partial charge in [-0.2, -0.15) is 0 Å². The second-order valence-electron chi connectivity index (χ2n) is 13.5. The Morgan fingerprint density at radius 3 is 1.98 bits per heavy atom. The van der Waals surface area contributed by atoms with Gasteiger partial charge in [-0.1, -0.05) is 110 Å². The summed E-state index contributed by atoms with van der Waals surface area (Å²) in [5.41, 5.74) is 17.8. The van der Waals surface area contributed by atoms with Crippen LogP contribution in [0.1, 0.15) is 80.9 Å². The Morgan fingerprint density at radius 1 is 0.857 bits per heavy atom.